The van der Waals surface area contributed by atoms with Gasteiger partial charge in [-0.2, -0.15) is 0 Å². The van der Waals surface area contributed by atoms with E-state index in [1.807, 2.05) is 12.1 Å². The van der Waals surface area contributed by atoms with Crippen LogP contribution in [0.5, 0.6) is 5.06 Å². The summed E-state index contributed by atoms with van der Waals surface area (Å²) in [6.07, 6.45) is 1.38. The minimum Gasteiger partial charge on any atom is -0.481 e. The lowest BCUT2D eigenvalue weighted by Crippen LogP contribution is -2.08. The van der Waals surface area contributed by atoms with Crippen LogP contribution in [0.4, 0.5) is 0 Å². The van der Waals surface area contributed by atoms with E-state index in [2.05, 4.69) is 19.2 Å². The molecule has 0 spiro atoms. The monoisotopic (exact) mass is 155 g/mol. The fourth-order valence-corrected chi connectivity index (χ4v) is 1.17. The molecule has 0 aliphatic rings. The normalized spacial score (nSPS) is 13.0. The van der Waals surface area contributed by atoms with Gasteiger partial charge in [-0.3, -0.25) is 0 Å². The average molecular weight is 155 g/mol. The molecule has 0 bridgehead atoms. The Hall–Kier alpha value is -0.500. The van der Waals surface area contributed by atoms with Crippen LogP contribution < -0.4 is 4.74 Å². The van der Waals surface area contributed by atoms with Crippen molar-refractivity contribution < 1.29 is 4.74 Å². The fourth-order valence-electron chi connectivity index (χ4n) is 0.573. The standard InChI is InChI=1S/C8H11OS/c1-3-7(2)9-8-5-4-6-10-8/h4-5,7H,3H2,1-2H3. The molecule has 1 unspecified atom stereocenters. The van der Waals surface area contributed by atoms with Crippen molar-refractivity contribution in [1.29, 1.82) is 0 Å². The van der Waals surface area contributed by atoms with Crippen molar-refractivity contribution in [2.75, 3.05) is 0 Å². The van der Waals surface area contributed by atoms with Crippen LogP contribution in [-0.4, -0.2) is 6.10 Å². The molecule has 1 atom stereocenters. The Morgan fingerprint density at radius 2 is 2.60 bits per heavy atom. The Balaban J connectivity index is 2.40. The van der Waals surface area contributed by atoms with Gasteiger partial charge in [-0.1, -0.05) is 18.3 Å². The molecular formula is C8H11OS. The number of hydrogen-bond donors (Lipinski definition) is 0. The van der Waals surface area contributed by atoms with Crippen molar-refractivity contribution in [3.8, 4) is 5.06 Å². The maximum Gasteiger partial charge on any atom is 0.174 e. The summed E-state index contributed by atoms with van der Waals surface area (Å²) in [5.74, 6) is 0. The number of thiophene rings is 1. The van der Waals surface area contributed by atoms with Crippen LogP contribution >= 0.6 is 11.3 Å². The fraction of sp³-hybridized carbons (Fsp3) is 0.500. The molecule has 0 aliphatic heterocycles. The highest BCUT2D eigenvalue weighted by atomic mass is 32.1. The summed E-state index contributed by atoms with van der Waals surface area (Å²) in [4.78, 5) is 0. The zero-order valence-electron chi connectivity index (χ0n) is 6.26. The van der Waals surface area contributed by atoms with Gasteiger partial charge in [-0.25, -0.2) is 0 Å². The average Bonchev–Trinajstić information content (AvgIpc) is 2.40. The largest absolute Gasteiger partial charge is 0.481 e. The summed E-state index contributed by atoms with van der Waals surface area (Å²) in [6, 6.07) is 3.82. The van der Waals surface area contributed by atoms with Crippen molar-refractivity contribution in [2.24, 2.45) is 0 Å². The maximum atomic E-state index is 5.49. The van der Waals surface area contributed by atoms with Gasteiger partial charge in [0.25, 0.3) is 0 Å². The van der Waals surface area contributed by atoms with Crippen LogP contribution in [0, 0.1) is 5.38 Å². The molecule has 0 aliphatic carbocycles. The van der Waals surface area contributed by atoms with Crippen LogP contribution in [0.15, 0.2) is 12.1 Å². The topological polar surface area (TPSA) is 9.23 Å². The Labute approximate surface area is 65.6 Å². The molecule has 0 saturated heterocycles. The molecule has 1 nitrogen and oxygen atoms in total. The minimum atomic E-state index is 0.326. The van der Waals surface area contributed by atoms with Crippen molar-refractivity contribution in [3.63, 3.8) is 0 Å². The first-order chi connectivity index (χ1) is 4.83. The van der Waals surface area contributed by atoms with E-state index in [0.29, 0.717) is 6.10 Å². The summed E-state index contributed by atoms with van der Waals surface area (Å²) in [7, 11) is 0. The molecule has 1 aromatic heterocycles. The number of rotatable bonds is 3. The van der Waals surface area contributed by atoms with Crippen LogP contribution in [0.1, 0.15) is 20.3 Å². The summed E-state index contributed by atoms with van der Waals surface area (Å²) >= 11 is 1.52. The van der Waals surface area contributed by atoms with E-state index < -0.39 is 0 Å². The highest BCUT2D eigenvalue weighted by Gasteiger charge is 1.99. The summed E-state index contributed by atoms with van der Waals surface area (Å²) in [5.41, 5.74) is 0. The summed E-state index contributed by atoms with van der Waals surface area (Å²) in [6.45, 7) is 4.18. The first-order valence-corrected chi connectivity index (χ1v) is 4.27. The Bertz CT molecular complexity index is 169. The van der Waals surface area contributed by atoms with Gasteiger partial charge < -0.3 is 4.74 Å². The second kappa shape index (κ2) is 3.62. The van der Waals surface area contributed by atoms with Crippen LogP contribution in [0.3, 0.4) is 0 Å². The number of hydrogen-bond acceptors (Lipinski definition) is 2. The van der Waals surface area contributed by atoms with E-state index in [0.717, 1.165) is 11.5 Å². The zero-order valence-corrected chi connectivity index (χ0v) is 7.07. The third kappa shape index (κ3) is 2.03. The van der Waals surface area contributed by atoms with Crippen LogP contribution in [0.25, 0.3) is 0 Å². The highest BCUT2D eigenvalue weighted by Crippen LogP contribution is 2.19. The Morgan fingerprint density at radius 3 is 3.10 bits per heavy atom. The van der Waals surface area contributed by atoms with Crippen LogP contribution in [-0.2, 0) is 0 Å². The zero-order chi connectivity index (χ0) is 7.40. The van der Waals surface area contributed by atoms with Gasteiger partial charge in [0.15, 0.2) is 5.06 Å². The Kier molecular flexibility index (Phi) is 2.75. The molecule has 1 aromatic rings. The van der Waals surface area contributed by atoms with Crippen molar-refractivity contribution in [2.45, 2.75) is 26.4 Å². The molecular weight excluding hydrogens is 144 g/mol. The van der Waals surface area contributed by atoms with E-state index in [4.69, 9.17) is 4.74 Å². The molecule has 0 fully saturated rings. The molecule has 0 N–H and O–H groups in total. The van der Waals surface area contributed by atoms with Gasteiger partial charge in [0.2, 0.25) is 0 Å². The molecule has 0 amide bonds. The highest BCUT2D eigenvalue weighted by molar-refractivity contribution is 7.11. The molecule has 1 radical (unpaired) electrons. The van der Waals surface area contributed by atoms with Crippen molar-refractivity contribution >= 4 is 11.3 Å². The van der Waals surface area contributed by atoms with E-state index in [-0.39, 0.29) is 0 Å². The lowest BCUT2D eigenvalue weighted by molar-refractivity contribution is 0.224. The van der Waals surface area contributed by atoms with Crippen molar-refractivity contribution in [1.82, 2.24) is 0 Å². The van der Waals surface area contributed by atoms with E-state index >= 15 is 0 Å². The molecule has 10 heavy (non-hydrogen) atoms. The van der Waals surface area contributed by atoms with Crippen molar-refractivity contribution in [3.05, 3.63) is 17.5 Å². The SMILES string of the molecule is CCC(C)Oc1cc[c]s1. The molecule has 1 rings (SSSR count). The maximum absolute atomic E-state index is 5.49. The predicted molar refractivity (Wildman–Crippen MR) is 43.5 cm³/mol. The second-order valence-corrected chi connectivity index (χ2v) is 3.05. The lowest BCUT2D eigenvalue weighted by Gasteiger charge is -2.08. The van der Waals surface area contributed by atoms with E-state index in [9.17, 15) is 0 Å². The van der Waals surface area contributed by atoms with Gasteiger partial charge in [0.1, 0.15) is 0 Å². The second-order valence-electron chi connectivity index (χ2n) is 2.21. The summed E-state index contributed by atoms with van der Waals surface area (Å²) < 4.78 is 5.49. The first kappa shape index (κ1) is 7.61. The third-order valence-corrected chi connectivity index (χ3v) is 2.03. The van der Waals surface area contributed by atoms with E-state index in [1.165, 1.54) is 11.3 Å². The van der Waals surface area contributed by atoms with Gasteiger partial charge >= 0.3 is 0 Å². The summed E-state index contributed by atoms with van der Waals surface area (Å²) in [5, 5.41) is 3.94. The van der Waals surface area contributed by atoms with Gasteiger partial charge in [0, 0.05) is 5.38 Å². The molecule has 2 heteroatoms. The van der Waals surface area contributed by atoms with Gasteiger partial charge in [-0.15, -0.1) is 0 Å². The smallest absolute Gasteiger partial charge is 0.174 e. The lowest BCUT2D eigenvalue weighted by atomic mass is 10.3. The van der Waals surface area contributed by atoms with E-state index in [1.54, 1.807) is 0 Å². The third-order valence-electron chi connectivity index (χ3n) is 1.34. The van der Waals surface area contributed by atoms with Gasteiger partial charge in [-0.05, 0) is 25.5 Å². The van der Waals surface area contributed by atoms with Gasteiger partial charge in [0.05, 0.1) is 6.10 Å². The first-order valence-electron chi connectivity index (χ1n) is 3.45. The van der Waals surface area contributed by atoms with Crippen LogP contribution in [0.2, 0.25) is 0 Å². The quantitative estimate of drug-likeness (QED) is 0.652. The molecule has 0 saturated carbocycles. The predicted octanol–water partition coefficient (Wildman–Crippen LogP) is 2.73. The molecule has 0 aromatic carbocycles. The molecule has 55 valence electrons. The molecule has 1 heterocycles. The minimum absolute atomic E-state index is 0.326. The number of ether oxygens (including phenoxy) is 1. The Morgan fingerprint density at radius 1 is 1.80 bits per heavy atom.